The van der Waals surface area contributed by atoms with Crippen LogP contribution in [0.5, 0.6) is 0 Å². The van der Waals surface area contributed by atoms with Gasteiger partial charge in [0.05, 0.1) is 10.5 Å². The van der Waals surface area contributed by atoms with Crippen molar-refractivity contribution in [3.63, 3.8) is 0 Å². The van der Waals surface area contributed by atoms with Gasteiger partial charge in [-0.2, -0.15) is 0 Å². The first-order chi connectivity index (χ1) is 8.47. The predicted molar refractivity (Wildman–Crippen MR) is 69.4 cm³/mol. The van der Waals surface area contributed by atoms with E-state index in [1.54, 1.807) is 19.1 Å². The number of hydrogen-bond donors (Lipinski definition) is 2. The summed E-state index contributed by atoms with van der Waals surface area (Å²) in [6, 6.07) is 3.94. The molecule has 0 bridgehead atoms. The summed E-state index contributed by atoms with van der Waals surface area (Å²) in [4.78, 5) is 21.2. The molecule has 1 atom stereocenters. The smallest absolute Gasteiger partial charge is 0.320 e. The molecular formula is C11H13BrN2O4. The van der Waals surface area contributed by atoms with E-state index in [-0.39, 0.29) is 12.2 Å². The minimum absolute atomic E-state index is 0.0304. The third kappa shape index (κ3) is 3.51. The summed E-state index contributed by atoms with van der Waals surface area (Å²) in [5.41, 5.74) is 0.416. The number of benzene rings is 1. The van der Waals surface area contributed by atoms with Crippen molar-refractivity contribution in [2.75, 3.05) is 0 Å². The lowest BCUT2D eigenvalue weighted by Gasteiger charge is -2.13. The van der Waals surface area contributed by atoms with Gasteiger partial charge in [0.1, 0.15) is 6.04 Å². The van der Waals surface area contributed by atoms with Crippen molar-refractivity contribution in [2.24, 2.45) is 0 Å². The van der Waals surface area contributed by atoms with Gasteiger partial charge in [-0.05, 0) is 12.5 Å². The number of nitro groups is 1. The fraction of sp³-hybridized carbons (Fsp3) is 0.364. The summed E-state index contributed by atoms with van der Waals surface area (Å²) >= 11 is 3.23. The molecule has 0 aliphatic carbocycles. The molecule has 1 aromatic rings. The van der Waals surface area contributed by atoms with Crippen molar-refractivity contribution in [3.8, 4) is 0 Å². The summed E-state index contributed by atoms with van der Waals surface area (Å²) < 4.78 is 0.587. The number of aliphatic carboxylic acids is 1. The van der Waals surface area contributed by atoms with E-state index in [1.165, 1.54) is 6.07 Å². The first-order valence-corrected chi connectivity index (χ1v) is 6.14. The Morgan fingerprint density at radius 2 is 2.28 bits per heavy atom. The van der Waals surface area contributed by atoms with Crippen LogP contribution in [0, 0.1) is 10.1 Å². The molecule has 0 spiro atoms. The minimum Gasteiger partial charge on any atom is -0.480 e. The molecule has 0 radical (unpaired) electrons. The molecule has 0 heterocycles. The molecule has 0 saturated carbocycles. The van der Waals surface area contributed by atoms with Gasteiger partial charge in [-0.25, -0.2) is 0 Å². The molecule has 6 nitrogen and oxygen atoms in total. The fourth-order valence-corrected chi connectivity index (χ4v) is 2.02. The second kappa shape index (κ2) is 6.46. The quantitative estimate of drug-likeness (QED) is 0.620. The van der Waals surface area contributed by atoms with Gasteiger partial charge in [-0.1, -0.05) is 28.9 Å². The Morgan fingerprint density at radius 3 is 2.78 bits per heavy atom. The number of nitrogens with zero attached hydrogens (tertiary/aromatic N) is 1. The molecule has 0 aromatic heterocycles. The van der Waals surface area contributed by atoms with Crippen molar-refractivity contribution < 1.29 is 14.8 Å². The Kier molecular flexibility index (Phi) is 5.24. The lowest BCUT2D eigenvalue weighted by atomic mass is 10.1. The summed E-state index contributed by atoms with van der Waals surface area (Å²) in [5.74, 6) is -0.966. The van der Waals surface area contributed by atoms with E-state index in [4.69, 9.17) is 5.11 Å². The number of rotatable bonds is 6. The SMILES string of the molecule is CCC(NCc1c(Br)cccc1[N+](=O)[O-])C(=O)O. The third-order valence-corrected chi connectivity index (χ3v) is 3.27. The lowest BCUT2D eigenvalue weighted by Crippen LogP contribution is -2.35. The number of nitrogens with one attached hydrogen (secondary N) is 1. The molecule has 0 aliphatic rings. The maximum absolute atomic E-state index is 10.9. The van der Waals surface area contributed by atoms with Crippen molar-refractivity contribution >= 4 is 27.6 Å². The Balaban J connectivity index is 2.90. The number of carboxylic acids is 1. The topological polar surface area (TPSA) is 92.5 Å². The Labute approximate surface area is 112 Å². The van der Waals surface area contributed by atoms with Crippen LogP contribution in [0.4, 0.5) is 5.69 Å². The summed E-state index contributed by atoms with van der Waals surface area (Å²) in [7, 11) is 0. The van der Waals surface area contributed by atoms with Crippen LogP contribution in [0.25, 0.3) is 0 Å². The fourth-order valence-electron chi connectivity index (χ4n) is 1.52. The van der Waals surface area contributed by atoms with Crippen LogP contribution in [-0.4, -0.2) is 22.0 Å². The van der Waals surface area contributed by atoms with Gasteiger partial charge in [0.2, 0.25) is 0 Å². The highest BCUT2D eigenvalue weighted by molar-refractivity contribution is 9.10. The number of carboxylic acid groups (broad SMARTS) is 1. The average Bonchev–Trinajstić information content (AvgIpc) is 2.30. The monoisotopic (exact) mass is 316 g/mol. The van der Waals surface area contributed by atoms with Gasteiger partial charge in [-0.15, -0.1) is 0 Å². The first-order valence-electron chi connectivity index (χ1n) is 5.35. The summed E-state index contributed by atoms with van der Waals surface area (Å²) in [6.45, 7) is 1.86. The van der Waals surface area contributed by atoms with E-state index in [0.717, 1.165) is 0 Å². The molecule has 1 unspecified atom stereocenters. The van der Waals surface area contributed by atoms with Crippen LogP contribution in [0.1, 0.15) is 18.9 Å². The van der Waals surface area contributed by atoms with Crippen LogP contribution < -0.4 is 5.32 Å². The highest BCUT2D eigenvalue weighted by Gasteiger charge is 2.19. The number of nitro benzene ring substituents is 1. The maximum Gasteiger partial charge on any atom is 0.320 e. The standard InChI is InChI=1S/C11H13BrN2O4/c1-2-9(11(15)16)13-6-7-8(12)4-3-5-10(7)14(17)18/h3-5,9,13H,2,6H2,1H3,(H,15,16). The number of hydrogen-bond acceptors (Lipinski definition) is 4. The van der Waals surface area contributed by atoms with Crippen molar-refractivity contribution in [3.05, 3.63) is 38.3 Å². The lowest BCUT2D eigenvalue weighted by molar-refractivity contribution is -0.385. The Morgan fingerprint density at radius 1 is 1.61 bits per heavy atom. The van der Waals surface area contributed by atoms with Crippen LogP contribution >= 0.6 is 15.9 Å². The van der Waals surface area contributed by atoms with E-state index >= 15 is 0 Å². The van der Waals surface area contributed by atoms with Crippen LogP contribution in [0.15, 0.2) is 22.7 Å². The van der Waals surface area contributed by atoms with E-state index in [2.05, 4.69) is 21.2 Å². The van der Waals surface area contributed by atoms with Gasteiger partial charge >= 0.3 is 5.97 Å². The highest BCUT2D eigenvalue weighted by Crippen LogP contribution is 2.26. The molecule has 2 N–H and O–H groups in total. The Hall–Kier alpha value is -1.47. The second-order valence-corrected chi connectivity index (χ2v) is 4.53. The maximum atomic E-state index is 10.9. The van der Waals surface area contributed by atoms with Gasteiger partial charge in [0, 0.05) is 17.1 Å². The van der Waals surface area contributed by atoms with Crippen LogP contribution in [0.2, 0.25) is 0 Å². The molecule has 0 fully saturated rings. The highest BCUT2D eigenvalue weighted by atomic mass is 79.9. The predicted octanol–water partition coefficient (Wildman–Crippen LogP) is 2.31. The van der Waals surface area contributed by atoms with Crippen LogP contribution in [0.3, 0.4) is 0 Å². The zero-order valence-corrected chi connectivity index (χ0v) is 11.3. The molecule has 18 heavy (non-hydrogen) atoms. The second-order valence-electron chi connectivity index (χ2n) is 3.67. The average molecular weight is 317 g/mol. The molecule has 0 aliphatic heterocycles. The minimum atomic E-state index is -0.966. The number of carbonyl (C=O) groups is 1. The molecule has 0 amide bonds. The zero-order chi connectivity index (χ0) is 13.7. The normalized spacial score (nSPS) is 12.1. The number of halogens is 1. The van der Waals surface area contributed by atoms with Crippen LogP contribution in [-0.2, 0) is 11.3 Å². The van der Waals surface area contributed by atoms with E-state index in [0.29, 0.717) is 16.5 Å². The van der Waals surface area contributed by atoms with Gasteiger partial charge < -0.3 is 5.11 Å². The molecule has 0 saturated heterocycles. The summed E-state index contributed by atoms with van der Waals surface area (Å²) in [6.07, 6.45) is 0.410. The largest absolute Gasteiger partial charge is 0.480 e. The van der Waals surface area contributed by atoms with Gasteiger partial charge in [0.15, 0.2) is 0 Å². The van der Waals surface area contributed by atoms with E-state index < -0.39 is 16.9 Å². The van der Waals surface area contributed by atoms with Gasteiger partial charge in [-0.3, -0.25) is 20.2 Å². The summed E-state index contributed by atoms with van der Waals surface area (Å²) in [5, 5.41) is 22.5. The van der Waals surface area contributed by atoms with E-state index in [1.807, 2.05) is 0 Å². The van der Waals surface area contributed by atoms with Crippen molar-refractivity contribution in [2.45, 2.75) is 25.9 Å². The molecule has 1 rings (SSSR count). The Bertz CT molecular complexity index is 464. The molecule has 98 valence electrons. The van der Waals surface area contributed by atoms with Gasteiger partial charge in [0.25, 0.3) is 5.69 Å². The molecule has 1 aromatic carbocycles. The van der Waals surface area contributed by atoms with Crippen molar-refractivity contribution in [1.29, 1.82) is 0 Å². The molecule has 7 heteroatoms. The van der Waals surface area contributed by atoms with E-state index in [9.17, 15) is 14.9 Å². The zero-order valence-electron chi connectivity index (χ0n) is 9.72. The first kappa shape index (κ1) is 14.6. The van der Waals surface area contributed by atoms with Crippen molar-refractivity contribution in [1.82, 2.24) is 5.32 Å². The molecular weight excluding hydrogens is 304 g/mol. The third-order valence-electron chi connectivity index (χ3n) is 2.52.